The molecular formula is C13H13F2NO3. The Morgan fingerprint density at radius 2 is 2.05 bits per heavy atom. The van der Waals surface area contributed by atoms with Crippen LogP contribution in [0.3, 0.4) is 0 Å². The van der Waals surface area contributed by atoms with Gasteiger partial charge in [0, 0.05) is 10.9 Å². The Hall–Kier alpha value is -1.98. The third-order valence-electron chi connectivity index (χ3n) is 2.94. The van der Waals surface area contributed by atoms with Gasteiger partial charge in [-0.05, 0) is 37.8 Å². The number of benzene rings is 1. The normalized spacial score (nSPS) is 14.1. The number of amides is 1. The maximum Gasteiger partial charge on any atom is 0.317 e. The van der Waals surface area contributed by atoms with Gasteiger partial charge >= 0.3 is 5.91 Å². The summed E-state index contributed by atoms with van der Waals surface area (Å²) in [4.78, 5) is 22.6. The first-order valence-electron chi connectivity index (χ1n) is 5.93. The zero-order chi connectivity index (χ0) is 14.0. The van der Waals surface area contributed by atoms with Crippen molar-refractivity contribution in [2.75, 3.05) is 6.61 Å². The van der Waals surface area contributed by atoms with Crippen molar-refractivity contribution in [3.8, 4) is 5.75 Å². The van der Waals surface area contributed by atoms with Crippen LogP contribution in [0.2, 0.25) is 0 Å². The molecule has 1 fully saturated rings. The molecule has 0 spiro atoms. The molecule has 0 heterocycles. The molecule has 1 aromatic rings. The second-order valence-electron chi connectivity index (χ2n) is 4.56. The largest absolute Gasteiger partial charge is 0.492 e. The van der Waals surface area contributed by atoms with Gasteiger partial charge in [0.1, 0.15) is 5.75 Å². The zero-order valence-electron chi connectivity index (χ0n) is 10.4. The second-order valence-corrected chi connectivity index (χ2v) is 4.56. The molecule has 0 atom stereocenters. The average Bonchev–Trinajstić information content (AvgIpc) is 3.19. The van der Waals surface area contributed by atoms with E-state index in [1.165, 1.54) is 25.1 Å². The maximum absolute atomic E-state index is 12.3. The van der Waals surface area contributed by atoms with E-state index in [1.54, 1.807) is 0 Å². The summed E-state index contributed by atoms with van der Waals surface area (Å²) >= 11 is 0. The fourth-order valence-corrected chi connectivity index (χ4v) is 1.62. The van der Waals surface area contributed by atoms with E-state index in [-0.39, 0.29) is 17.1 Å². The third kappa shape index (κ3) is 3.27. The average molecular weight is 269 g/mol. The lowest BCUT2D eigenvalue weighted by Gasteiger charge is -2.11. The molecule has 1 saturated carbocycles. The van der Waals surface area contributed by atoms with Crippen LogP contribution < -0.4 is 4.74 Å². The molecule has 0 saturated heterocycles. The van der Waals surface area contributed by atoms with Gasteiger partial charge in [0.2, 0.25) is 0 Å². The highest BCUT2D eigenvalue weighted by atomic mass is 19.4. The number of ketones is 1. The number of Topliss-reactive ketones (excluding diaryl/α,β-unsaturated/α-hetero) is 1. The number of carbonyl (C=O) groups is 2. The topological polar surface area (TPSA) is 46.6 Å². The Morgan fingerprint density at radius 1 is 1.37 bits per heavy atom. The van der Waals surface area contributed by atoms with Crippen LogP contribution in [0.5, 0.6) is 5.75 Å². The van der Waals surface area contributed by atoms with Crippen molar-refractivity contribution < 1.29 is 23.3 Å². The molecular weight excluding hydrogens is 256 g/mol. The molecule has 0 unspecified atom stereocenters. The Labute approximate surface area is 108 Å². The van der Waals surface area contributed by atoms with Gasteiger partial charge in [-0.3, -0.25) is 9.59 Å². The molecule has 4 nitrogen and oxygen atoms in total. The number of ether oxygens (including phenoxy) is 1. The molecule has 0 N–H and O–H groups in total. The summed E-state index contributed by atoms with van der Waals surface area (Å²) in [5, 5.41) is -1.49. The van der Waals surface area contributed by atoms with E-state index in [9.17, 15) is 18.6 Å². The predicted molar refractivity (Wildman–Crippen MR) is 63.1 cm³/mol. The van der Waals surface area contributed by atoms with E-state index in [4.69, 9.17) is 4.74 Å². The fourth-order valence-electron chi connectivity index (χ4n) is 1.62. The molecule has 0 bridgehead atoms. The summed E-state index contributed by atoms with van der Waals surface area (Å²) in [6.07, 6.45) is 2.07. The number of carbonyl (C=O) groups excluding carboxylic acids is 2. The molecule has 0 aromatic heterocycles. The summed E-state index contributed by atoms with van der Waals surface area (Å²) in [5.41, 5.74) is 0.0854. The van der Waals surface area contributed by atoms with E-state index in [0.717, 1.165) is 12.8 Å². The SMILES string of the molecule is CC(=O)c1ccc(C(=O)N(F)F)c(OCC2CC2)c1. The number of hydrogen-bond acceptors (Lipinski definition) is 3. The molecule has 1 amide bonds. The smallest absolute Gasteiger partial charge is 0.317 e. The number of rotatable bonds is 5. The van der Waals surface area contributed by atoms with E-state index in [1.807, 2.05) is 0 Å². The number of halogens is 2. The van der Waals surface area contributed by atoms with Crippen LogP contribution in [-0.4, -0.2) is 23.6 Å². The van der Waals surface area contributed by atoms with Crippen molar-refractivity contribution in [1.82, 2.24) is 5.34 Å². The molecule has 0 aliphatic heterocycles. The van der Waals surface area contributed by atoms with Crippen LogP contribution in [-0.2, 0) is 0 Å². The Balaban J connectivity index is 2.28. The Morgan fingerprint density at radius 3 is 2.58 bits per heavy atom. The molecule has 1 aromatic carbocycles. The van der Waals surface area contributed by atoms with E-state index >= 15 is 0 Å². The Bertz CT molecular complexity index is 513. The monoisotopic (exact) mass is 269 g/mol. The van der Waals surface area contributed by atoms with Gasteiger partial charge in [-0.25, -0.2) is 0 Å². The van der Waals surface area contributed by atoms with Gasteiger partial charge in [0.15, 0.2) is 5.78 Å². The van der Waals surface area contributed by atoms with Gasteiger partial charge in [-0.1, -0.05) is 15.0 Å². The van der Waals surface area contributed by atoms with Gasteiger partial charge in [0.25, 0.3) is 0 Å². The van der Waals surface area contributed by atoms with Crippen LogP contribution >= 0.6 is 0 Å². The maximum atomic E-state index is 12.3. The van der Waals surface area contributed by atoms with Gasteiger partial charge in [-0.2, -0.15) is 0 Å². The van der Waals surface area contributed by atoms with Gasteiger partial charge in [-0.15, -0.1) is 0 Å². The standard InChI is InChI=1S/C13H13F2NO3/c1-8(17)10-4-5-11(13(18)16(14)15)12(6-10)19-7-9-2-3-9/h4-6,9H,2-3,7H2,1H3. The zero-order valence-corrected chi connectivity index (χ0v) is 10.4. The highest BCUT2D eigenvalue weighted by molar-refractivity contribution is 5.99. The molecule has 1 aliphatic carbocycles. The van der Waals surface area contributed by atoms with Crippen LogP contribution in [0.1, 0.15) is 40.5 Å². The van der Waals surface area contributed by atoms with Crippen LogP contribution in [0.4, 0.5) is 8.96 Å². The van der Waals surface area contributed by atoms with E-state index < -0.39 is 11.3 Å². The molecule has 0 radical (unpaired) electrons. The fraction of sp³-hybridized carbons (Fsp3) is 0.385. The minimum absolute atomic E-state index is 0.0323. The summed E-state index contributed by atoms with van der Waals surface area (Å²) < 4.78 is 30.0. The van der Waals surface area contributed by atoms with Crippen LogP contribution in [0.15, 0.2) is 18.2 Å². The lowest BCUT2D eigenvalue weighted by atomic mass is 10.1. The molecule has 102 valence electrons. The highest BCUT2D eigenvalue weighted by Crippen LogP contribution is 2.31. The first kappa shape index (κ1) is 13.5. The lowest BCUT2D eigenvalue weighted by molar-refractivity contribution is -0.108. The summed E-state index contributed by atoms with van der Waals surface area (Å²) in [6, 6.07) is 3.86. The molecule has 2 rings (SSSR count). The minimum Gasteiger partial charge on any atom is -0.492 e. The summed E-state index contributed by atoms with van der Waals surface area (Å²) in [6.45, 7) is 1.73. The predicted octanol–water partition coefficient (Wildman–Crippen LogP) is 2.89. The molecule has 19 heavy (non-hydrogen) atoms. The quantitative estimate of drug-likeness (QED) is 0.610. The molecule has 1 aliphatic rings. The molecule has 6 heteroatoms. The highest BCUT2D eigenvalue weighted by Gasteiger charge is 2.25. The van der Waals surface area contributed by atoms with Crippen LogP contribution in [0, 0.1) is 5.92 Å². The summed E-state index contributed by atoms with van der Waals surface area (Å²) in [5.74, 6) is -1.21. The lowest BCUT2D eigenvalue weighted by Crippen LogP contribution is -2.16. The second kappa shape index (κ2) is 5.34. The van der Waals surface area contributed by atoms with Crippen LogP contribution in [0.25, 0.3) is 0 Å². The van der Waals surface area contributed by atoms with Gasteiger partial charge in [0.05, 0.1) is 12.2 Å². The van der Waals surface area contributed by atoms with Crippen molar-refractivity contribution in [3.05, 3.63) is 29.3 Å². The van der Waals surface area contributed by atoms with E-state index in [0.29, 0.717) is 18.1 Å². The van der Waals surface area contributed by atoms with Crippen molar-refractivity contribution in [3.63, 3.8) is 0 Å². The van der Waals surface area contributed by atoms with Gasteiger partial charge < -0.3 is 4.74 Å². The third-order valence-corrected chi connectivity index (χ3v) is 2.94. The minimum atomic E-state index is -1.49. The van der Waals surface area contributed by atoms with Crippen molar-refractivity contribution in [2.24, 2.45) is 5.92 Å². The van der Waals surface area contributed by atoms with Crippen molar-refractivity contribution >= 4 is 11.7 Å². The Kier molecular flexibility index (Phi) is 3.78. The van der Waals surface area contributed by atoms with Crippen molar-refractivity contribution in [1.29, 1.82) is 0 Å². The summed E-state index contributed by atoms with van der Waals surface area (Å²) in [7, 11) is 0. The first-order valence-corrected chi connectivity index (χ1v) is 5.93. The first-order chi connectivity index (χ1) is 8.99. The number of nitrogens with zero attached hydrogens (tertiary/aromatic N) is 1. The van der Waals surface area contributed by atoms with Crippen molar-refractivity contribution in [2.45, 2.75) is 19.8 Å². The van der Waals surface area contributed by atoms with E-state index in [2.05, 4.69) is 0 Å². The number of hydrogen-bond donors (Lipinski definition) is 0.